The summed E-state index contributed by atoms with van der Waals surface area (Å²) in [6.07, 6.45) is 19.0. The summed E-state index contributed by atoms with van der Waals surface area (Å²) in [5.41, 5.74) is 0. The van der Waals surface area contributed by atoms with Crippen LogP contribution in [0.1, 0.15) is 233 Å². The van der Waals surface area contributed by atoms with Gasteiger partial charge in [0.2, 0.25) is 0 Å². The second-order valence-corrected chi connectivity index (χ2v) is 19.6. The topological polar surface area (TPSA) is 202 Å². The van der Waals surface area contributed by atoms with E-state index in [9.17, 15) is 40.2 Å². The summed E-state index contributed by atoms with van der Waals surface area (Å²) < 4.78 is 28.3. The van der Waals surface area contributed by atoms with Gasteiger partial charge in [-0.1, -0.05) is 207 Å². The van der Waals surface area contributed by atoms with Crippen molar-refractivity contribution < 1.29 is 63.9 Å². The van der Waals surface area contributed by atoms with Crippen LogP contribution in [-0.4, -0.2) is 117 Å². The molecule has 0 saturated carbocycles. The zero-order valence-electron chi connectivity index (χ0n) is 41.5. The third-order valence-electron chi connectivity index (χ3n) is 13.8. The Morgan fingerprint density at radius 2 is 0.662 bits per heavy atom. The Bertz CT molecular complexity index is 1040. The van der Waals surface area contributed by atoms with E-state index >= 15 is 0 Å². The van der Waals surface area contributed by atoms with E-state index in [2.05, 4.69) is 27.7 Å². The molecule has 0 spiro atoms. The molecule has 0 radical (unpaired) electrons. The molecule has 2 rings (SSSR count). The molecule has 0 unspecified atom stereocenters. The van der Waals surface area contributed by atoms with Crippen molar-refractivity contribution in [1.29, 1.82) is 0 Å². The maximum atomic E-state index is 13.0. The maximum Gasteiger partial charge on any atom is 0.305 e. The minimum Gasteiger partial charge on any atom is -0.463 e. The highest BCUT2D eigenvalue weighted by molar-refractivity contribution is 5.69. The van der Waals surface area contributed by atoms with E-state index in [0.29, 0.717) is 24.7 Å². The highest BCUT2D eigenvalue weighted by Crippen LogP contribution is 2.30. The molecular formula is C52H98O13. The summed E-state index contributed by atoms with van der Waals surface area (Å²) in [5.74, 6) is -0.0786. The van der Waals surface area contributed by atoms with Crippen molar-refractivity contribution in [2.75, 3.05) is 13.2 Å². The summed E-state index contributed by atoms with van der Waals surface area (Å²) >= 11 is 0. The molecule has 2 saturated heterocycles. The van der Waals surface area contributed by atoms with Gasteiger partial charge in [0.1, 0.15) is 62.0 Å². The van der Waals surface area contributed by atoms with Crippen LogP contribution in [0.4, 0.5) is 0 Å². The molecule has 2 aliphatic rings. The zero-order chi connectivity index (χ0) is 47.7. The Morgan fingerprint density at radius 1 is 0.385 bits per heavy atom. The first-order valence-electron chi connectivity index (χ1n) is 26.8. The van der Waals surface area contributed by atoms with Gasteiger partial charge in [0.05, 0.1) is 0 Å². The van der Waals surface area contributed by atoms with Crippen molar-refractivity contribution in [2.24, 2.45) is 11.8 Å². The number of rotatable bonds is 40. The first-order chi connectivity index (χ1) is 31.5. The first kappa shape index (κ1) is 59.7. The monoisotopic (exact) mass is 931 g/mol. The number of aliphatic hydroxyl groups excluding tert-OH is 6. The Balaban J connectivity index is 1.91. The van der Waals surface area contributed by atoms with E-state index in [1.807, 2.05) is 0 Å². The lowest BCUT2D eigenvalue weighted by atomic mass is 9.90. The van der Waals surface area contributed by atoms with E-state index in [1.165, 1.54) is 128 Å². The molecule has 2 fully saturated rings. The number of carbonyl (C=O) groups excluding carboxylic acids is 2. The fourth-order valence-electron chi connectivity index (χ4n) is 9.32. The molecule has 2 aliphatic heterocycles. The lowest BCUT2D eigenvalue weighted by Crippen LogP contribution is -2.64. The molecule has 2 heterocycles. The van der Waals surface area contributed by atoms with Gasteiger partial charge >= 0.3 is 11.9 Å². The van der Waals surface area contributed by atoms with Crippen LogP contribution in [0.25, 0.3) is 0 Å². The predicted molar refractivity (Wildman–Crippen MR) is 254 cm³/mol. The zero-order valence-corrected chi connectivity index (χ0v) is 41.5. The van der Waals surface area contributed by atoms with Crippen molar-refractivity contribution in [3.63, 3.8) is 0 Å². The van der Waals surface area contributed by atoms with Gasteiger partial charge in [0.15, 0.2) is 12.6 Å². The molecule has 10 atom stereocenters. The lowest BCUT2D eigenvalue weighted by Gasteiger charge is -2.44. The summed E-state index contributed by atoms with van der Waals surface area (Å²) in [6, 6.07) is 0. The van der Waals surface area contributed by atoms with Gasteiger partial charge < -0.3 is 54.3 Å². The molecule has 0 aromatic carbocycles. The van der Waals surface area contributed by atoms with Crippen LogP contribution in [0, 0.1) is 11.8 Å². The van der Waals surface area contributed by atoms with E-state index in [4.69, 9.17) is 23.7 Å². The molecule has 0 bridgehead atoms. The van der Waals surface area contributed by atoms with Gasteiger partial charge in [-0.3, -0.25) is 9.59 Å². The molecule has 0 aliphatic carbocycles. The number of esters is 2. The highest BCUT2D eigenvalue weighted by Gasteiger charge is 2.50. The normalized spacial score (nSPS) is 26.0. The molecule has 0 amide bonds. The molecule has 65 heavy (non-hydrogen) atoms. The summed E-state index contributed by atoms with van der Waals surface area (Å²) in [4.78, 5) is 26.0. The lowest BCUT2D eigenvalue weighted by molar-refractivity contribution is -0.376. The summed E-state index contributed by atoms with van der Waals surface area (Å²) in [5, 5.41) is 64.6. The number of ether oxygens (including phenoxy) is 5. The van der Waals surface area contributed by atoms with Gasteiger partial charge in [-0.25, -0.2) is 0 Å². The first-order valence-corrected chi connectivity index (χ1v) is 26.8. The minimum absolute atomic E-state index is 0.206. The third-order valence-corrected chi connectivity index (χ3v) is 13.8. The van der Waals surface area contributed by atoms with E-state index in [1.54, 1.807) is 0 Å². The SMILES string of the molecule is CCCCCCCCC(CCCCCCCC)CCC(=O)OC[C@H]1O[C@H](O[C@H]2O[C@H](COC(=O)CCC(CCCCCCCC)CCCCCCCC)[C@@H](O)[C@H](O)[C@H]2O)[C@H](O)[C@@H](O)[C@@H]1O. The average Bonchev–Trinajstić information content (AvgIpc) is 3.30. The van der Waals surface area contributed by atoms with Crippen LogP contribution >= 0.6 is 0 Å². The summed E-state index contributed by atoms with van der Waals surface area (Å²) in [7, 11) is 0. The second-order valence-electron chi connectivity index (χ2n) is 19.6. The van der Waals surface area contributed by atoms with Gasteiger partial charge in [-0.05, 0) is 24.7 Å². The highest BCUT2D eigenvalue weighted by atomic mass is 16.8. The largest absolute Gasteiger partial charge is 0.463 e. The van der Waals surface area contributed by atoms with E-state index in [-0.39, 0.29) is 12.8 Å². The molecule has 13 nitrogen and oxygen atoms in total. The van der Waals surface area contributed by atoms with E-state index < -0.39 is 86.6 Å². The number of hydrogen-bond acceptors (Lipinski definition) is 13. The Kier molecular flexibility index (Phi) is 34.4. The third kappa shape index (κ3) is 25.7. The fourth-order valence-corrected chi connectivity index (χ4v) is 9.32. The summed E-state index contributed by atoms with van der Waals surface area (Å²) in [6.45, 7) is 8.02. The standard InChI is InChI=1S/C52H98O13/c1-5-9-13-17-21-25-29-39(30-26-22-18-14-10-6-2)33-35-43(53)61-37-41-45(55)47(57)49(59)51(63-41)65-52-50(60)48(58)46(56)42(64-52)38-62-44(54)36-34-40(31-27-23-19-15-11-7-3)32-28-24-20-16-12-8-4/h39-42,45-52,55-60H,5-38H2,1-4H3/t41-,42-,45-,46-,47+,48+,49-,50-,51-,52-/m1/s1. The van der Waals surface area contributed by atoms with Crippen LogP contribution in [0.2, 0.25) is 0 Å². The number of carbonyl (C=O) groups is 2. The number of hydrogen-bond donors (Lipinski definition) is 6. The van der Waals surface area contributed by atoms with Gasteiger partial charge in [-0.2, -0.15) is 0 Å². The molecule has 0 aromatic rings. The quantitative estimate of drug-likeness (QED) is 0.0251. The molecular weight excluding hydrogens is 833 g/mol. The van der Waals surface area contributed by atoms with Crippen LogP contribution in [-0.2, 0) is 33.3 Å². The number of aliphatic hydroxyl groups is 6. The maximum absolute atomic E-state index is 13.0. The van der Waals surface area contributed by atoms with Crippen molar-refractivity contribution in [3.8, 4) is 0 Å². The van der Waals surface area contributed by atoms with Gasteiger partial charge in [0.25, 0.3) is 0 Å². The van der Waals surface area contributed by atoms with Crippen molar-refractivity contribution in [1.82, 2.24) is 0 Å². The Morgan fingerprint density at radius 3 is 0.954 bits per heavy atom. The smallest absolute Gasteiger partial charge is 0.305 e. The van der Waals surface area contributed by atoms with Crippen molar-refractivity contribution >= 4 is 11.9 Å². The van der Waals surface area contributed by atoms with Crippen LogP contribution in [0.15, 0.2) is 0 Å². The second kappa shape index (κ2) is 37.5. The minimum atomic E-state index is -1.81. The van der Waals surface area contributed by atoms with Crippen molar-refractivity contribution in [3.05, 3.63) is 0 Å². The van der Waals surface area contributed by atoms with Gasteiger partial charge in [-0.15, -0.1) is 0 Å². The fraction of sp³-hybridized carbons (Fsp3) is 0.962. The number of unbranched alkanes of at least 4 members (excludes halogenated alkanes) is 20. The van der Waals surface area contributed by atoms with Crippen LogP contribution < -0.4 is 0 Å². The van der Waals surface area contributed by atoms with Crippen LogP contribution in [0.3, 0.4) is 0 Å². The van der Waals surface area contributed by atoms with E-state index in [0.717, 1.165) is 51.4 Å². The average molecular weight is 931 g/mol. The molecule has 384 valence electrons. The van der Waals surface area contributed by atoms with Crippen molar-refractivity contribution in [2.45, 2.75) is 295 Å². The van der Waals surface area contributed by atoms with Crippen LogP contribution in [0.5, 0.6) is 0 Å². The Hall–Kier alpha value is -1.42. The van der Waals surface area contributed by atoms with Gasteiger partial charge in [0, 0.05) is 12.8 Å². The Labute approximate surface area is 394 Å². The molecule has 6 N–H and O–H groups in total. The molecule has 13 heteroatoms. The predicted octanol–water partition coefficient (Wildman–Crippen LogP) is 9.50. The molecule has 0 aromatic heterocycles.